The lowest BCUT2D eigenvalue weighted by Crippen LogP contribution is -2.39. The highest BCUT2D eigenvalue weighted by Gasteiger charge is 2.23. The third-order valence-corrected chi connectivity index (χ3v) is 4.13. The number of rotatable bonds is 1. The van der Waals surface area contributed by atoms with E-state index in [1.165, 1.54) is 18.2 Å². The molecule has 1 fully saturated rings. The Kier molecular flexibility index (Phi) is 2.61. The van der Waals surface area contributed by atoms with Gasteiger partial charge in [-0.05, 0) is 40.3 Å². The second-order valence-corrected chi connectivity index (χ2v) is 5.01. The van der Waals surface area contributed by atoms with Crippen molar-refractivity contribution in [3.63, 3.8) is 0 Å². The maximum absolute atomic E-state index is 3.37. The summed E-state index contributed by atoms with van der Waals surface area (Å²) in [5.41, 5.74) is 4.67. The molecule has 2 aliphatic rings. The normalized spacial score (nSPS) is 17.9. The molecule has 0 spiro atoms. The summed E-state index contributed by atoms with van der Waals surface area (Å²) in [4.78, 5) is 0. The van der Waals surface area contributed by atoms with Crippen molar-refractivity contribution in [2.24, 2.45) is 0 Å². The molecule has 17 heavy (non-hydrogen) atoms. The molecule has 1 N–H and O–H groups in total. The van der Waals surface area contributed by atoms with E-state index in [-0.39, 0.29) is 12.4 Å². The summed E-state index contributed by atoms with van der Waals surface area (Å²) in [6.45, 7) is 2.30. The fourth-order valence-corrected chi connectivity index (χ4v) is 3.13. The minimum atomic E-state index is 0. The fourth-order valence-electron chi connectivity index (χ4n) is 3.13. The smallest absolute Gasteiger partial charge is 0.00947 e. The maximum Gasteiger partial charge on any atom is 0.00947 e. The summed E-state index contributed by atoms with van der Waals surface area (Å²) in [5, 5.41) is 6.44. The van der Waals surface area contributed by atoms with Gasteiger partial charge in [0.2, 0.25) is 0 Å². The monoisotopic (exact) mass is 245 g/mol. The van der Waals surface area contributed by atoms with Crippen molar-refractivity contribution in [2.45, 2.75) is 18.8 Å². The molecule has 0 saturated carbocycles. The summed E-state index contributed by atoms with van der Waals surface area (Å²) in [6.07, 6.45) is 2.47. The van der Waals surface area contributed by atoms with Crippen LogP contribution in [0.3, 0.4) is 0 Å². The van der Waals surface area contributed by atoms with E-state index in [4.69, 9.17) is 0 Å². The van der Waals surface area contributed by atoms with Crippen LogP contribution in [0.15, 0.2) is 30.3 Å². The molecular formula is C15H16ClN. The van der Waals surface area contributed by atoms with E-state index in [0.29, 0.717) is 0 Å². The van der Waals surface area contributed by atoms with Gasteiger partial charge in [-0.25, -0.2) is 0 Å². The van der Waals surface area contributed by atoms with Crippen LogP contribution in [0.1, 0.15) is 22.6 Å². The van der Waals surface area contributed by atoms with Crippen molar-refractivity contribution in [3.05, 3.63) is 47.0 Å². The second-order valence-electron chi connectivity index (χ2n) is 5.01. The zero-order chi connectivity index (χ0) is 10.5. The minimum absolute atomic E-state index is 0. The van der Waals surface area contributed by atoms with Crippen molar-refractivity contribution in [2.75, 3.05) is 13.1 Å². The number of halogens is 1. The molecule has 4 rings (SSSR count). The van der Waals surface area contributed by atoms with Gasteiger partial charge >= 0.3 is 0 Å². The number of aryl methyl sites for hydroxylation is 2. The van der Waals surface area contributed by atoms with Gasteiger partial charge in [0.05, 0.1) is 0 Å². The first-order chi connectivity index (χ1) is 7.93. The van der Waals surface area contributed by atoms with Gasteiger partial charge in [0, 0.05) is 19.0 Å². The van der Waals surface area contributed by atoms with Crippen LogP contribution in [-0.4, -0.2) is 13.1 Å². The van der Waals surface area contributed by atoms with Crippen LogP contribution in [0.2, 0.25) is 0 Å². The molecule has 88 valence electrons. The van der Waals surface area contributed by atoms with Crippen LogP contribution >= 0.6 is 12.4 Å². The minimum Gasteiger partial charge on any atom is -0.315 e. The van der Waals surface area contributed by atoms with Crippen LogP contribution in [0.4, 0.5) is 0 Å². The number of nitrogens with one attached hydrogen (secondary N) is 1. The molecular weight excluding hydrogens is 230 g/mol. The first-order valence-electron chi connectivity index (χ1n) is 6.17. The Balaban J connectivity index is 0.000000902. The summed E-state index contributed by atoms with van der Waals surface area (Å²) in [5.74, 6) is 0.741. The van der Waals surface area contributed by atoms with Gasteiger partial charge in [0.25, 0.3) is 0 Å². The summed E-state index contributed by atoms with van der Waals surface area (Å²) in [7, 11) is 0. The lowest BCUT2D eigenvalue weighted by atomic mass is 9.88. The number of benzene rings is 2. The van der Waals surface area contributed by atoms with Crippen LogP contribution < -0.4 is 5.32 Å². The third-order valence-electron chi connectivity index (χ3n) is 4.13. The molecule has 1 saturated heterocycles. The van der Waals surface area contributed by atoms with E-state index >= 15 is 0 Å². The van der Waals surface area contributed by atoms with Crippen molar-refractivity contribution in [1.82, 2.24) is 5.32 Å². The Morgan fingerprint density at radius 1 is 0.941 bits per heavy atom. The molecule has 0 amide bonds. The van der Waals surface area contributed by atoms with Gasteiger partial charge in [-0.2, -0.15) is 0 Å². The van der Waals surface area contributed by atoms with E-state index in [9.17, 15) is 0 Å². The Labute approximate surface area is 108 Å². The summed E-state index contributed by atoms with van der Waals surface area (Å²) in [6, 6.07) is 11.5. The van der Waals surface area contributed by atoms with Crippen molar-refractivity contribution in [1.29, 1.82) is 0 Å². The lowest BCUT2D eigenvalue weighted by molar-refractivity contribution is 0.451. The molecule has 2 aromatic rings. The zero-order valence-electron chi connectivity index (χ0n) is 9.70. The van der Waals surface area contributed by atoms with Crippen LogP contribution in [0.5, 0.6) is 0 Å². The number of hydrogen-bond acceptors (Lipinski definition) is 1. The fraction of sp³-hybridized carbons (Fsp3) is 0.333. The summed E-state index contributed by atoms with van der Waals surface area (Å²) >= 11 is 0. The van der Waals surface area contributed by atoms with E-state index in [0.717, 1.165) is 19.0 Å². The molecule has 2 heteroatoms. The first kappa shape index (κ1) is 11.1. The molecule has 2 aromatic carbocycles. The van der Waals surface area contributed by atoms with E-state index in [2.05, 4.69) is 35.6 Å². The van der Waals surface area contributed by atoms with Crippen LogP contribution in [0.25, 0.3) is 10.8 Å². The van der Waals surface area contributed by atoms with Crippen LogP contribution in [-0.2, 0) is 12.8 Å². The molecule has 1 aliphatic carbocycles. The van der Waals surface area contributed by atoms with Crippen LogP contribution in [0, 0.1) is 0 Å². The summed E-state index contributed by atoms with van der Waals surface area (Å²) < 4.78 is 0. The average molecular weight is 246 g/mol. The lowest BCUT2D eigenvalue weighted by Gasteiger charge is -2.28. The van der Waals surface area contributed by atoms with Crippen molar-refractivity contribution < 1.29 is 0 Å². The molecule has 1 heterocycles. The average Bonchev–Trinajstić information content (AvgIpc) is 2.65. The highest BCUT2D eigenvalue weighted by molar-refractivity contribution is 5.93. The second kappa shape index (κ2) is 4.01. The molecule has 0 bridgehead atoms. The Morgan fingerprint density at radius 3 is 2.41 bits per heavy atom. The number of hydrogen-bond donors (Lipinski definition) is 1. The predicted octanol–water partition coefficient (Wildman–Crippen LogP) is 3.05. The van der Waals surface area contributed by atoms with Gasteiger partial charge in [0.15, 0.2) is 0 Å². The molecule has 1 nitrogen and oxygen atoms in total. The molecule has 0 aromatic heterocycles. The van der Waals surface area contributed by atoms with Crippen molar-refractivity contribution >= 4 is 23.2 Å². The molecule has 1 aliphatic heterocycles. The first-order valence-corrected chi connectivity index (χ1v) is 6.17. The molecule has 0 atom stereocenters. The Bertz CT molecular complexity index is 562. The zero-order valence-corrected chi connectivity index (χ0v) is 10.5. The van der Waals surface area contributed by atoms with Gasteiger partial charge in [-0.15, -0.1) is 12.4 Å². The highest BCUT2D eigenvalue weighted by atomic mass is 35.5. The maximum atomic E-state index is 3.37. The van der Waals surface area contributed by atoms with Crippen molar-refractivity contribution in [3.8, 4) is 0 Å². The van der Waals surface area contributed by atoms with Gasteiger partial charge in [-0.1, -0.05) is 30.3 Å². The van der Waals surface area contributed by atoms with E-state index < -0.39 is 0 Å². The van der Waals surface area contributed by atoms with Gasteiger partial charge in [0.1, 0.15) is 0 Å². The van der Waals surface area contributed by atoms with E-state index in [1.807, 2.05) is 0 Å². The third kappa shape index (κ3) is 1.50. The van der Waals surface area contributed by atoms with E-state index in [1.54, 1.807) is 22.1 Å². The molecule has 0 radical (unpaired) electrons. The topological polar surface area (TPSA) is 12.0 Å². The Morgan fingerprint density at radius 2 is 1.71 bits per heavy atom. The Hall–Kier alpha value is -1.05. The quantitative estimate of drug-likeness (QED) is 0.814. The SMILES string of the molecule is Cl.c1cc2c3c(ccc(C4CNC4)c3c1)CC2. The van der Waals surface area contributed by atoms with Gasteiger partial charge < -0.3 is 5.32 Å². The van der Waals surface area contributed by atoms with Gasteiger partial charge in [-0.3, -0.25) is 0 Å². The molecule has 0 unspecified atom stereocenters. The standard InChI is InChI=1S/C15H15N.ClH/c1-2-10-4-5-11-6-7-13(12-8-16-9-12)14(3-1)15(10)11;/h1-3,6-7,12,16H,4-5,8-9H2;1H. The largest absolute Gasteiger partial charge is 0.315 e. The predicted molar refractivity (Wildman–Crippen MR) is 74.2 cm³/mol. The highest BCUT2D eigenvalue weighted by Crippen LogP contribution is 2.36.